The summed E-state index contributed by atoms with van der Waals surface area (Å²) < 4.78 is 11.5. The number of carbonyl (C=O) groups is 1. The zero-order valence-electron chi connectivity index (χ0n) is 16.8. The molecule has 1 aromatic heterocycles. The number of hydrogen-bond acceptors (Lipinski definition) is 7. The quantitative estimate of drug-likeness (QED) is 0.689. The van der Waals surface area contributed by atoms with E-state index in [2.05, 4.69) is 15.2 Å². The summed E-state index contributed by atoms with van der Waals surface area (Å²) in [5.41, 5.74) is 3.49. The first kappa shape index (κ1) is 18.7. The van der Waals surface area contributed by atoms with Crippen LogP contribution in [0, 0.1) is 0 Å². The van der Waals surface area contributed by atoms with Crippen molar-refractivity contribution in [2.75, 3.05) is 48.4 Å². The maximum atomic E-state index is 12.8. The van der Waals surface area contributed by atoms with Gasteiger partial charge in [-0.3, -0.25) is 4.79 Å². The summed E-state index contributed by atoms with van der Waals surface area (Å²) in [6.07, 6.45) is 1.17. The number of aliphatic hydroxyl groups is 1. The number of benzene rings is 2. The molecule has 5 rings (SSSR count). The van der Waals surface area contributed by atoms with Gasteiger partial charge in [-0.25, -0.2) is 0 Å². The van der Waals surface area contributed by atoms with Gasteiger partial charge in [-0.1, -0.05) is 0 Å². The number of fused-ring (bicyclic) bond motifs is 2. The van der Waals surface area contributed by atoms with Gasteiger partial charge in [0, 0.05) is 31.4 Å². The highest BCUT2D eigenvalue weighted by Crippen LogP contribution is 2.32. The van der Waals surface area contributed by atoms with Crippen LogP contribution in [-0.4, -0.2) is 55.4 Å². The number of aliphatic hydroxyl groups excluding tert-OH is 1. The van der Waals surface area contributed by atoms with Gasteiger partial charge in [0.2, 0.25) is 0 Å². The molecule has 0 bridgehead atoms. The normalized spacial score (nSPS) is 17.0. The van der Waals surface area contributed by atoms with Crippen molar-refractivity contribution in [1.82, 2.24) is 4.98 Å². The van der Waals surface area contributed by atoms with E-state index in [0.29, 0.717) is 60.9 Å². The Hall–Kier alpha value is -3.26. The number of anilines is 3. The zero-order valence-corrected chi connectivity index (χ0v) is 16.8. The Morgan fingerprint density at radius 2 is 2.00 bits per heavy atom. The highest BCUT2D eigenvalue weighted by Gasteiger charge is 2.22. The van der Waals surface area contributed by atoms with Gasteiger partial charge in [-0.15, -0.1) is 0 Å². The molecule has 1 amide bonds. The van der Waals surface area contributed by atoms with Crippen LogP contribution in [0.15, 0.2) is 40.8 Å². The number of rotatable bonds is 3. The summed E-state index contributed by atoms with van der Waals surface area (Å²) in [5.74, 6) is 0.604. The average molecular weight is 408 g/mol. The van der Waals surface area contributed by atoms with E-state index < -0.39 is 0 Å². The van der Waals surface area contributed by atoms with Gasteiger partial charge in [0.15, 0.2) is 5.58 Å². The summed E-state index contributed by atoms with van der Waals surface area (Å²) in [6.45, 7) is 2.87. The van der Waals surface area contributed by atoms with Crippen molar-refractivity contribution in [2.45, 2.75) is 18.9 Å². The van der Waals surface area contributed by atoms with Crippen molar-refractivity contribution in [2.24, 2.45) is 0 Å². The van der Waals surface area contributed by atoms with Crippen LogP contribution in [0.5, 0.6) is 5.75 Å². The lowest BCUT2D eigenvalue weighted by atomic mass is 10.1. The number of likely N-dealkylation sites (N-methyl/N-ethyl adjacent to an activating group) is 1. The fourth-order valence-electron chi connectivity index (χ4n) is 3.88. The van der Waals surface area contributed by atoms with Crippen molar-refractivity contribution >= 4 is 34.4 Å². The van der Waals surface area contributed by atoms with Crippen molar-refractivity contribution in [3.8, 4) is 5.75 Å². The Balaban J connectivity index is 1.34. The lowest BCUT2D eigenvalue weighted by molar-refractivity contribution is 0.102. The monoisotopic (exact) mass is 408 g/mol. The van der Waals surface area contributed by atoms with E-state index in [-0.39, 0.29) is 12.0 Å². The second-order valence-electron chi connectivity index (χ2n) is 7.80. The molecular weight excluding hydrogens is 384 g/mol. The van der Waals surface area contributed by atoms with Gasteiger partial charge in [0.05, 0.1) is 18.3 Å². The summed E-state index contributed by atoms with van der Waals surface area (Å²) >= 11 is 0. The average Bonchev–Trinajstić information content (AvgIpc) is 3.17. The largest absolute Gasteiger partial charge is 0.490 e. The molecule has 0 saturated carbocycles. The first-order valence-corrected chi connectivity index (χ1v) is 10.2. The summed E-state index contributed by atoms with van der Waals surface area (Å²) in [5, 5.41) is 12.6. The Kier molecular flexibility index (Phi) is 4.71. The molecule has 1 fully saturated rings. The number of oxazole rings is 1. The van der Waals surface area contributed by atoms with Crippen molar-refractivity contribution in [1.29, 1.82) is 0 Å². The van der Waals surface area contributed by atoms with E-state index in [9.17, 15) is 9.90 Å². The third-order valence-corrected chi connectivity index (χ3v) is 5.69. The number of amides is 1. The molecule has 0 aliphatic carbocycles. The molecule has 1 saturated heterocycles. The van der Waals surface area contributed by atoms with Gasteiger partial charge >= 0.3 is 0 Å². The van der Waals surface area contributed by atoms with Gasteiger partial charge in [0.25, 0.3) is 11.9 Å². The third-order valence-electron chi connectivity index (χ3n) is 5.69. The standard InChI is InChI=1S/C22H24N4O4/c1-25-10-11-29-20-4-2-14(12-18(20)25)21(28)23-15-3-5-19-17(13-15)24-22(30-19)26-8-6-16(27)7-9-26/h2-5,12-13,16,27H,6-11H2,1H3,(H,23,28). The molecule has 8 nitrogen and oxygen atoms in total. The molecule has 0 atom stereocenters. The van der Waals surface area contributed by atoms with Crippen LogP contribution in [0.4, 0.5) is 17.4 Å². The summed E-state index contributed by atoms with van der Waals surface area (Å²) in [4.78, 5) is 21.5. The van der Waals surface area contributed by atoms with Crippen LogP contribution < -0.4 is 19.9 Å². The predicted molar refractivity (Wildman–Crippen MR) is 115 cm³/mol. The van der Waals surface area contributed by atoms with Crippen LogP contribution in [0.25, 0.3) is 11.1 Å². The van der Waals surface area contributed by atoms with Crippen molar-refractivity contribution in [3.05, 3.63) is 42.0 Å². The molecule has 0 spiro atoms. The Bertz CT molecular complexity index is 1090. The van der Waals surface area contributed by atoms with Gasteiger partial charge < -0.3 is 29.4 Å². The van der Waals surface area contributed by atoms with Crippen LogP contribution in [-0.2, 0) is 0 Å². The highest BCUT2D eigenvalue weighted by molar-refractivity contribution is 6.05. The van der Waals surface area contributed by atoms with Crippen LogP contribution >= 0.6 is 0 Å². The maximum Gasteiger partial charge on any atom is 0.298 e. The lowest BCUT2D eigenvalue weighted by Gasteiger charge is -2.27. The molecular formula is C22H24N4O4. The van der Waals surface area contributed by atoms with E-state index >= 15 is 0 Å². The topological polar surface area (TPSA) is 91.1 Å². The van der Waals surface area contributed by atoms with Gasteiger partial charge in [-0.2, -0.15) is 4.98 Å². The van der Waals surface area contributed by atoms with E-state index in [1.54, 1.807) is 6.07 Å². The number of nitrogens with zero attached hydrogens (tertiary/aromatic N) is 3. The molecule has 3 aromatic rings. The van der Waals surface area contributed by atoms with Crippen molar-refractivity contribution < 1.29 is 19.1 Å². The summed E-state index contributed by atoms with van der Waals surface area (Å²) in [7, 11) is 1.99. The molecule has 2 aliphatic rings. The second-order valence-corrected chi connectivity index (χ2v) is 7.80. The SMILES string of the molecule is CN1CCOc2ccc(C(=O)Nc3ccc4oc(N5CCC(O)CC5)nc4c3)cc21. The maximum absolute atomic E-state index is 12.8. The lowest BCUT2D eigenvalue weighted by Crippen LogP contribution is -2.35. The minimum atomic E-state index is -0.248. The third kappa shape index (κ3) is 3.54. The molecule has 2 aromatic carbocycles. The summed E-state index contributed by atoms with van der Waals surface area (Å²) in [6, 6.07) is 11.4. The van der Waals surface area contributed by atoms with E-state index in [0.717, 1.165) is 18.0 Å². The van der Waals surface area contributed by atoms with Gasteiger partial charge in [-0.05, 0) is 49.2 Å². The smallest absolute Gasteiger partial charge is 0.298 e. The first-order valence-electron chi connectivity index (χ1n) is 10.2. The molecule has 3 heterocycles. The molecule has 156 valence electrons. The molecule has 2 N–H and O–H groups in total. The minimum absolute atomic E-state index is 0.190. The number of carbonyl (C=O) groups excluding carboxylic acids is 1. The van der Waals surface area contributed by atoms with E-state index in [1.807, 2.05) is 42.3 Å². The van der Waals surface area contributed by atoms with Gasteiger partial charge in [0.1, 0.15) is 17.9 Å². The zero-order chi connectivity index (χ0) is 20.7. The van der Waals surface area contributed by atoms with E-state index in [4.69, 9.17) is 9.15 Å². The predicted octanol–water partition coefficient (Wildman–Crippen LogP) is 2.87. The Morgan fingerprint density at radius 1 is 1.17 bits per heavy atom. The highest BCUT2D eigenvalue weighted by atomic mass is 16.5. The molecule has 2 aliphatic heterocycles. The number of ether oxygens (including phenoxy) is 1. The minimum Gasteiger partial charge on any atom is -0.490 e. The number of nitrogens with one attached hydrogen (secondary N) is 1. The van der Waals surface area contributed by atoms with E-state index in [1.165, 1.54) is 0 Å². The number of aromatic nitrogens is 1. The van der Waals surface area contributed by atoms with Crippen LogP contribution in [0.3, 0.4) is 0 Å². The second kappa shape index (κ2) is 7.53. The molecule has 0 radical (unpaired) electrons. The Morgan fingerprint density at radius 3 is 2.83 bits per heavy atom. The Labute approximate surface area is 174 Å². The number of piperidine rings is 1. The fraction of sp³-hybridized carbons (Fsp3) is 0.364. The first-order chi connectivity index (χ1) is 14.6. The van der Waals surface area contributed by atoms with Crippen LogP contribution in [0.1, 0.15) is 23.2 Å². The number of hydrogen-bond donors (Lipinski definition) is 2. The van der Waals surface area contributed by atoms with Crippen LogP contribution in [0.2, 0.25) is 0 Å². The molecule has 30 heavy (non-hydrogen) atoms. The fourth-order valence-corrected chi connectivity index (χ4v) is 3.88. The van der Waals surface area contributed by atoms with Crippen molar-refractivity contribution in [3.63, 3.8) is 0 Å². The molecule has 8 heteroatoms. The molecule has 0 unspecified atom stereocenters.